The van der Waals surface area contributed by atoms with Crippen LogP contribution in [0.4, 0.5) is 10.5 Å². The Hall–Kier alpha value is -1.51. The van der Waals surface area contributed by atoms with E-state index in [0.717, 1.165) is 5.69 Å². The number of nitrogens with one attached hydrogen (secondary N) is 1. The molecule has 0 aliphatic heterocycles. The first-order valence-corrected chi connectivity index (χ1v) is 5.15. The zero-order valence-corrected chi connectivity index (χ0v) is 9.95. The summed E-state index contributed by atoms with van der Waals surface area (Å²) >= 11 is 0. The van der Waals surface area contributed by atoms with Gasteiger partial charge in [-0.3, -0.25) is 0 Å². The number of rotatable bonds is 1. The molecule has 0 aliphatic carbocycles. The summed E-state index contributed by atoms with van der Waals surface area (Å²) in [5.74, 6) is 0. The quantitative estimate of drug-likeness (QED) is 0.755. The Morgan fingerprint density at radius 3 is 2.07 bits per heavy atom. The van der Waals surface area contributed by atoms with Gasteiger partial charge in [-0.25, -0.2) is 4.79 Å². The second-order valence-electron chi connectivity index (χ2n) is 3.40. The summed E-state index contributed by atoms with van der Waals surface area (Å²) in [6.07, 6.45) is 1.25. The number of carbonyl (C=O) groups is 1. The summed E-state index contributed by atoms with van der Waals surface area (Å²) in [4.78, 5) is 12.6. The SMILES string of the molecule is CCC.CN(C)C(=O)Nc1ccccc1. The molecule has 2 amide bonds. The number of carbonyl (C=O) groups excluding carboxylic acids is 1. The van der Waals surface area contributed by atoms with Crippen molar-refractivity contribution in [3.05, 3.63) is 30.3 Å². The maximum Gasteiger partial charge on any atom is 0.321 e. The third-order valence-corrected chi connectivity index (χ3v) is 1.43. The molecular formula is C12H20N2O. The monoisotopic (exact) mass is 208 g/mol. The number of nitrogens with zero attached hydrogens (tertiary/aromatic N) is 1. The third-order valence-electron chi connectivity index (χ3n) is 1.43. The molecule has 84 valence electrons. The average Bonchev–Trinajstić information content (AvgIpc) is 2.20. The fourth-order valence-electron chi connectivity index (χ4n) is 0.757. The van der Waals surface area contributed by atoms with Crippen LogP contribution in [0.1, 0.15) is 20.3 Å². The number of hydrogen-bond donors (Lipinski definition) is 1. The van der Waals surface area contributed by atoms with E-state index in [0.29, 0.717) is 0 Å². The van der Waals surface area contributed by atoms with Crippen molar-refractivity contribution >= 4 is 11.7 Å². The van der Waals surface area contributed by atoms with Gasteiger partial charge in [-0.15, -0.1) is 0 Å². The molecule has 0 fully saturated rings. The van der Waals surface area contributed by atoms with Gasteiger partial charge in [0.05, 0.1) is 0 Å². The Morgan fingerprint density at radius 2 is 1.67 bits per heavy atom. The van der Waals surface area contributed by atoms with Crippen LogP contribution >= 0.6 is 0 Å². The largest absolute Gasteiger partial charge is 0.331 e. The molecule has 1 aromatic rings. The first kappa shape index (κ1) is 13.5. The lowest BCUT2D eigenvalue weighted by molar-refractivity contribution is 0.230. The molecule has 1 rings (SSSR count). The van der Waals surface area contributed by atoms with E-state index in [1.54, 1.807) is 14.1 Å². The highest BCUT2D eigenvalue weighted by atomic mass is 16.2. The average molecular weight is 208 g/mol. The van der Waals surface area contributed by atoms with Crippen molar-refractivity contribution in [1.82, 2.24) is 4.90 Å². The van der Waals surface area contributed by atoms with Crippen LogP contribution in [-0.2, 0) is 0 Å². The molecule has 1 N–H and O–H groups in total. The smallest absolute Gasteiger partial charge is 0.321 e. The zero-order valence-electron chi connectivity index (χ0n) is 9.95. The lowest BCUT2D eigenvalue weighted by Crippen LogP contribution is -2.27. The Bertz CT molecular complexity index is 270. The number of urea groups is 1. The van der Waals surface area contributed by atoms with Crippen LogP contribution in [0.15, 0.2) is 30.3 Å². The van der Waals surface area contributed by atoms with E-state index in [4.69, 9.17) is 0 Å². The van der Waals surface area contributed by atoms with E-state index < -0.39 is 0 Å². The molecule has 0 aromatic heterocycles. The van der Waals surface area contributed by atoms with Gasteiger partial charge in [-0.05, 0) is 12.1 Å². The second kappa shape index (κ2) is 7.85. The molecule has 0 saturated heterocycles. The van der Waals surface area contributed by atoms with Crippen LogP contribution in [0.2, 0.25) is 0 Å². The van der Waals surface area contributed by atoms with Crippen LogP contribution in [0, 0.1) is 0 Å². The molecule has 0 atom stereocenters. The fraction of sp³-hybridized carbons (Fsp3) is 0.417. The van der Waals surface area contributed by atoms with Gasteiger partial charge in [0.2, 0.25) is 0 Å². The topological polar surface area (TPSA) is 32.3 Å². The number of anilines is 1. The minimum absolute atomic E-state index is 0.110. The van der Waals surface area contributed by atoms with E-state index in [1.807, 2.05) is 30.3 Å². The normalized spacial score (nSPS) is 8.53. The van der Waals surface area contributed by atoms with Crippen LogP contribution in [0.3, 0.4) is 0 Å². The molecule has 0 bridgehead atoms. The summed E-state index contributed by atoms with van der Waals surface area (Å²) < 4.78 is 0. The van der Waals surface area contributed by atoms with Crippen molar-refractivity contribution in [2.75, 3.05) is 19.4 Å². The van der Waals surface area contributed by atoms with Gasteiger partial charge >= 0.3 is 6.03 Å². The molecule has 0 spiro atoms. The molecule has 15 heavy (non-hydrogen) atoms. The summed E-state index contributed by atoms with van der Waals surface area (Å²) in [6, 6.07) is 9.26. The number of amides is 2. The standard InChI is InChI=1S/C9H12N2O.C3H8/c1-11(2)9(12)10-8-6-4-3-5-7-8;1-3-2/h3-7H,1-2H3,(H,10,12);3H2,1-2H3. The lowest BCUT2D eigenvalue weighted by atomic mass is 10.3. The van der Waals surface area contributed by atoms with Crippen molar-refractivity contribution < 1.29 is 4.79 Å². The van der Waals surface area contributed by atoms with Crippen molar-refractivity contribution in [1.29, 1.82) is 0 Å². The highest BCUT2D eigenvalue weighted by Crippen LogP contribution is 2.04. The Balaban J connectivity index is 0.000000583. The Morgan fingerprint density at radius 1 is 1.20 bits per heavy atom. The summed E-state index contributed by atoms with van der Waals surface area (Å²) in [5.41, 5.74) is 0.816. The molecular weight excluding hydrogens is 188 g/mol. The van der Waals surface area contributed by atoms with E-state index >= 15 is 0 Å². The number of hydrogen-bond acceptors (Lipinski definition) is 1. The minimum Gasteiger partial charge on any atom is -0.331 e. The van der Waals surface area contributed by atoms with Gasteiger partial charge < -0.3 is 10.2 Å². The minimum atomic E-state index is -0.110. The van der Waals surface area contributed by atoms with Gasteiger partial charge in [0.1, 0.15) is 0 Å². The Kier molecular flexibility index (Phi) is 7.06. The van der Waals surface area contributed by atoms with Crippen molar-refractivity contribution in [2.24, 2.45) is 0 Å². The van der Waals surface area contributed by atoms with Gasteiger partial charge in [0.25, 0.3) is 0 Å². The fourth-order valence-corrected chi connectivity index (χ4v) is 0.757. The van der Waals surface area contributed by atoms with Gasteiger partial charge in [0, 0.05) is 19.8 Å². The highest BCUT2D eigenvalue weighted by molar-refractivity contribution is 5.88. The molecule has 0 unspecified atom stereocenters. The predicted molar refractivity (Wildman–Crippen MR) is 65.1 cm³/mol. The molecule has 0 saturated carbocycles. The number of benzene rings is 1. The lowest BCUT2D eigenvalue weighted by Gasteiger charge is -2.11. The highest BCUT2D eigenvalue weighted by Gasteiger charge is 2.01. The first-order valence-electron chi connectivity index (χ1n) is 5.15. The zero-order chi connectivity index (χ0) is 11.7. The van der Waals surface area contributed by atoms with E-state index in [2.05, 4.69) is 19.2 Å². The maximum absolute atomic E-state index is 11.1. The molecule has 3 nitrogen and oxygen atoms in total. The van der Waals surface area contributed by atoms with Crippen molar-refractivity contribution in [3.63, 3.8) is 0 Å². The summed E-state index contributed by atoms with van der Waals surface area (Å²) in [5, 5.41) is 2.73. The molecule has 0 aliphatic rings. The molecule has 3 heteroatoms. The molecule has 1 aromatic carbocycles. The van der Waals surface area contributed by atoms with Crippen LogP contribution in [0.25, 0.3) is 0 Å². The van der Waals surface area contributed by atoms with Crippen molar-refractivity contribution in [3.8, 4) is 0 Å². The summed E-state index contributed by atoms with van der Waals surface area (Å²) in [7, 11) is 3.41. The Labute approximate surface area is 92.1 Å². The molecule has 0 heterocycles. The predicted octanol–water partition coefficient (Wildman–Crippen LogP) is 3.20. The van der Waals surface area contributed by atoms with E-state index in [-0.39, 0.29) is 6.03 Å². The maximum atomic E-state index is 11.1. The van der Waals surface area contributed by atoms with Crippen LogP contribution in [-0.4, -0.2) is 25.0 Å². The van der Waals surface area contributed by atoms with Crippen LogP contribution < -0.4 is 5.32 Å². The van der Waals surface area contributed by atoms with E-state index in [9.17, 15) is 4.79 Å². The van der Waals surface area contributed by atoms with Crippen molar-refractivity contribution in [2.45, 2.75) is 20.3 Å². The third kappa shape index (κ3) is 6.55. The van der Waals surface area contributed by atoms with E-state index in [1.165, 1.54) is 11.3 Å². The van der Waals surface area contributed by atoms with Gasteiger partial charge in [-0.1, -0.05) is 38.5 Å². The van der Waals surface area contributed by atoms with Gasteiger partial charge in [-0.2, -0.15) is 0 Å². The second-order valence-corrected chi connectivity index (χ2v) is 3.40. The van der Waals surface area contributed by atoms with Crippen LogP contribution in [0.5, 0.6) is 0 Å². The first-order chi connectivity index (χ1) is 7.11. The number of para-hydroxylation sites is 1. The van der Waals surface area contributed by atoms with Gasteiger partial charge in [0.15, 0.2) is 0 Å². The summed E-state index contributed by atoms with van der Waals surface area (Å²) in [6.45, 7) is 4.25. The molecule has 0 radical (unpaired) electrons.